The molecule has 1 N–H and O–H groups in total. The lowest BCUT2D eigenvalue weighted by atomic mass is 10.1. The maximum absolute atomic E-state index is 12.7. The number of anilines is 1. The Bertz CT molecular complexity index is 554. The van der Waals surface area contributed by atoms with E-state index in [1.807, 2.05) is 29.2 Å². The highest BCUT2D eigenvalue weighted by Gasteiger charge is 2.33. The van der Waals surface area contributed by atoms with Crippen molar-refractivity contribution in [2.24, 2.45) is 5.92 Å². The van der Waals surface area contributed by atoms with Gasteiger partial charge in [-0.05, 0) is 25.0 Å². The molecule has 5 nitrogen and oxygen atoms in total. The number of para-hydroxylation sites is 1. The van der Waals surface area contributed by atoms with Gasteiger partial charge in [0.25, 0.3) is 5.91 Å². The molecular formula is C16H22ClN3O2. The van der Waals surface area contributed by atoms with Gasteiger partial charge >= 0.3 is 0 Å². The number of carbonyl (C=O) groups is 2. The zero-order valence-electron chi connectivity index (χ0n) is 12.7. The maximum atomic E-state index is 12.7. The Morgan fingerprint density at radius 3 is 2.45 bits per heavy atom. The van der Waals surface area contributed by atoms with Crippen LogP contribution in [-0.4, -0.2) is 49.9 Å². The lowest BCUT2D eigenvalue weighted by molar-refractivity contribution is -0.119. The molecule has 120 valence electrons. The second-order valence-electron chi connectivity index (χ2n) is 5.73. The first kappa shape index (κ1) is 16.8. The van der Waals surface area contributed by atoms with Crippen LogP contribution in [0.4, 0.5) is 5.69 Å². The van der Waals surface area contributed by atoms with Crippen LogP contribution in [0, 0.1) is 5.92 Å². The molecule has 2 aliphatic rings. The molecule has 22 heavy (non-hydrogen) atoms. The van der Waals surface area contributed by atoms with Gasteiger partial charge in [0, 0.05) is 39.1 Å². The predicted octanol–water partition coefficient (Wildman–Crippen LogP) is 1.53. The van der Waals surface area contributed by atoms with E-state index in [4.69, 9.17) is 0 Å². The Morgan fingerprint density at radius 1 is 1.18 bits per heavy atom. The van der Waals surface area contributed by atoms with Crippen LogP contribution in [-0.2, 0) is 4.79 Å². The third-order valence-electron chi connectivity index (χ3n) is 4.16. The van der Waals surface area contributed by atoms with Crippen molar-refractivity contribution in [1.82, 2.24) is 10.2 Å². The molecule has 0 atom stereocenters. The van der Waals surface area contributed by atoms with Crippen LogP contribution >= 0.6 is 12.4 Å². The summed E-state index contributed by atoms with van der Waals surface area (Å²) >= 11 is 0. The van der Waals surface area contributed by atoms with E-state index in [9.17, 15) is 9.59 Å². The van der Waals surface area contributed by atoms with Gasteiger partial charge in [-0.2, -0.15) is 0 Å². The summed E-state index contributed by atoms with van der Waals surface area (Å²) in [4.78, 5) is 28.4. The number of amides is 2. The highest BCUT2D eigenvalue weighted by atomic mass is 35.5. The van der Waals surface area contributed by atoms with Gasteiger partial charge in [0.15, 0.2) is 0 Å². The second kappa shape index (κ2) is 7.11. The van der Waals surface area contributed by atoms with Gasteiger partial charge < -0.3 is 15.1 Å². The monoisotopic (exact) mass is 323 g/mol. The van der Waals surface area contributed by atoms with Gasteiger partial charge in [0.1, 0.15) is 0 Å². The molecule has 1 aromatic rings. The number of hydrogen-bond donors (Lipinski definition) is 1. The molecule has 0 spiro atoms. The third-order valence-corrected chi connectivity index (χ3v) is 4.16. The SMILES string of the molecule is CN(C(=O)C1CC1)c1ccccc1C(=O)N1CCNCC1.Cl. The van der Waals surface area contributed by atoms with Gasteiger partial charge in [0.05, 0.1) is 11.3 Å². The smallest absolute Gasteiger partial charge is 0.256 e. The van der Waals surface area contributed by atoms with E-state index in [1.54, 1.807) is 11.9 Å². The molecule has 0 aromatic heterocycles. The van der Waals surface area contributed by atoms with Gasteiger partial charge in [-0.1, -0.05) is 12.1 Å². The van der Waals surface area contributed by atoms with Crippen LogP contribution < -0.4 is 10.2 Å². The number of benzene rings is 1. The molecule has 1 aromatic carbocycles. The van der Waals surface area contributed by atoms with Crippen LogP contribution in [0.5, 0.6) is 0 Å². The average Bonchev–Trinajstić information content (AvgIpc) is 3.38. The Morgan fingerprint density at radius 2 is 1.82 bits per heavy atom. The number of rotatable bonds is 3. The average molecular weight is 324 g/mol. The van der Waals surface area contributed by atoms with Crippen molar-refractivity contribution in [2.45, 2.75) is 12.8 Å². The third kappa shape index (κ3) is 3.42. The van der Waals surface area contributed by atoms with Crippen molar-refractivity contribution < 1.29 is 9.59 Å². The van der Waals surface area contributed by atoms with E-state index >= 15 is 0 Å². The summed E-state index contributed by atoms with van der Waals surface area (Å²) in [7, 11) is 1.77. The van der Waals surface area contributed by atoms with E-state index in [0.29, 0.717) is 18.7 Å². The van der Waals surface area contributed by atoms with E-state index in [1.165, 1.54) is 0 Å². The number of carbonyl (C=O) groups excluding carboxylic acids is 2. The van der Waals surface area contributed by atoms with Crippen LogP contribution in [0.25, 0.3) is 0 Å². The summed E-state index contributed by atoms with van der Waals surface area (Å²) < 4.78 is 0. The fourth-order valence-corrected chi connectivity index (χ4v) is 2.71. The van der Waals surface area contributed by atoms with Crippen molar-refractivity contribution in [3.05, 3.63) is 29.8 Å². The number of nitrogens with zero attached hydrogens (tertiary/aromatic N) is 2. The molecular weight excluding hydrogens is 302 g/mol. The Labute approximate surface area is 137 Å². The van der Waals surface area contributed by atoms with Crippen molar-refractivity contribution >= 4 is 29.9 Å². The fraction of sp³-hybridized carbons (Fsp3) is 0.500. The molecule has 2 amide bonds. The van der Waals surface area contributed by atoms with Gasteiger partial charge in [-0.25, -0.2) is 0 Å². The zero-order chi connectivity index (χ0) is 14.8. The number of nitrogens with one attached hydrogen (secondary N) is 1. The van der Waals surface area contributed by atoms with Crippen molar-refractivity contribution in [1.29, 1.82) is 0 Å². The van der Waals surface area contributed by atoms with Gasteiger partial charge in [-0.3, -0.25) is 9.59 Å². The second-order valence-corrected chi connectivity index (χ2v) is 5.73. The molecule has 1 saturated heterocycles. The largest absolute Gasteiger partial charge is 0.336 e. The Hall–Kier alpha value is -1.59. The summed E-state index contributed by atoms with van der Waals surface area (Å²) in [5, 5.41) is 3.24. The van der Waals surface area contributed by atoms with Crippen LogP contribution in [0.3, 0.4) is 0 Å². The van der Waals surface area contributed by atoms with Crippen molar-refractivity contribution in [3.63, 3.8) is 0 Å². The number of halogens is 1. The summed E-state index contributed by atoms with van der Waals surface area (Å²) in [6.07, 6.45) is 1.94. The molecule has 1 aliphatic heterocycles. The molecule has 2 fully saturated rings. The summed E-state index contributed by atoms with van der Waals surface area (Å²) in [5.41, 5.74) is 1.34. The topological polar surface area (TPSA) is 52.7 Å². The Balaban J connectivity index is 0.00000176. The van der Waals surface area contributed by atoms with E-state index < -0.39 is 0 Å². The van der Waals surface area contributed by atoms with E-state index in [2.05, 4.69) is 5.32 Å². The fourth-order valence-electron chi connectivity index (χ4n) is 2.71. The van der Waals surface area contributed by atoms with Crippen LogP contribution in [0.1, 0.15) is 23.2 Å². The number of piperazine rings is 1. The molecule has 6 heteroatoms. The lowest BCUT2D eigenvalue weighted by Crippen LogP contribution is -2.46. The van der Waals surface area contributed by atoms with Crippen LogP contribution in [0.15, 0.2) is 24.3 Å². The molecule has 3 rings (SSSR count). The summed E-state index contributed by atoms with van der Waals surface area (Å²) in [6.45, 7) is 3.08. The molecule has 0 radical (unpaired) electrons. The van der Waals surface area contributed by atoms with Gasteiger partial charge in [0.2, 0.25) is 5.91 Å². The Kier molecular flexibility index (Phi) is 5.42. The maximum Gasteiger partial charge on any atom is 0.256 e. The molecule has 0 unspecified atom stereocenters. The van der Waals surface area contributed by atoms with E-state index in [0.717, 1.165) is 31.6 Å². The number of hydrogen-bond acceptors (Lipinski definition) is 3. The van der Waals surface area contributed by atoms with Crippen molar-refractivity contribution in [2.75, 3.05) is 38.1 Å². The standard InChI is InChI=1S/C16H21N3O2.ClH/c1-18(15(20)12-6-7-12)14-5-3-2-4-13(14)16(21)19-10-8-17-9-11-19;/h2-5,12,17H,6-11H2,1H3;1H. The molecule has 1 aliphatic carbocycles. The van der Waals surface area contributed by atoms with E-state index in [-0.39, 0.29) is 30.1 Å². The lowest BCUT2D eigenvalue weighted by Gasteiger charge is -2.29. The zero-order valence-corrected chi connectivity index (χ0v) is 13.6. The predicted molar refractivity (Wildman–Crippen MR) is 88.6 cm³/mol. The first-order valence-electron chi connectivity index (χ1n) is 7.55. The molecule has 0 bridgehead atoms. The minimum Gasteiger partial charge on any atom is -0.336 e. The highest BCUT2D eigenvalue weighted by Crippen LogP contribution is 2.33. The van der Waals surface area contributed by atoms with Gasteiger partial charge in [-0.15, -0.1) is 12.4 Å². The first-order valence-corrected chi connectivity index (χ1v) is 7.55. The summed E-state index contributed by atoms with van der Waals surface area (Å²) in [6, 6.07) is 7.40. The normalized spacial score (nSPS) is 17.6. The quantitative estimate of drug-likeness (QED) is 0.917. The molecule has 1 heterocycles. The highest BCUT2D eigenvalue weighted by molar-refractivity contribution is 6.05. The van der Waals surface area contributed by atoms with Crippen molar-refractivity contribution in [3.8, 4) is 0 Å². The van der Waals surface area contributed by atoms with Crippen LogP contribution in [0.2, 0.25) is 0 Å². The first-order chi connectivity index (χ1) is 10.2. The minimum atomic E-state index is 0. The molecule has 1 saturated carbocycles. The summed E-state index contributed by atoms with van der Waals surface area (Å²) in [5.74, 6) is 0.287. The minimum absolute atomic E-state index is 0.